The molecule has 0 radical (unpaired) electrons. The Morgan fingerprint density at radius 3 is 2.26 bits per heavy atom. The van der Waals surface area contributed by atoms with E-state index in [0.29, 0.717) is 26.2 Å². The van der Waals surface area contributed by atoms with Crippen LogP contribution < -0.4 is 4.90 Å². The molecule has 23 heavy (non-hydrogen) atoms. The van der Waals surface area contributed by atoms with Crippen LogP contribution in [-0.4, -0.2) is 42.0 Å². The van der Waals surface area contributed by atoms with Gasteiger partial charge in [-0.15, -0.1) is 0 Å². The predicted molar refractivity (Wildman–Crippen MR) is 86.4 cm³/mol. The molecule has 2 aromatic rings. The van der Waals surface area contributed by atoms with Gasteiger partial charge in [0.2, 0.25) is 0 Å². The molecule has 2 heterocycles. The number of pyridine rings is 1. The van der Waals surface area contributed by atoms with Gasteiger partial charge in [0.25, 0.3) is 5.91 Å². The van der Waals surface area contributed by atoms with Crippen molar-refractivity contribution in [1.29, 1.82) is 0 Å². The summed E-state index contributed by atoms with van der Waals surface area (Å²) in [6, 6.07) is 6.70. The maximum Gasteiger partial charge on any atom is 0.254 e. The molecule has 0 atom stereocenters. The Morgan fingerprint density at radius 1 is 1.04 bits per heavy atom. The summed E-state index contributed by atoms with van der Waals surface area (Å²) >= 11 is 3.34. The van der Waals surface area contributed by atoms with E-state index in [9.17, 15) is 13.6 Å². The minimum atomic E-state index is -0.744. The summed E-state index contributed by atoms with van der Waals surface area (Å²) < 4.78 is 27.4. The molecule has 1 fully saturated rings. The third kappa shape index (κ3) is 3.67. The zero-order valence-electron chi connectivity index (χ0n) is 12.2. The summed E-state index contributed by atoms with van der Waals surface area (Å²) in [5.74, 6) is -0.999. The van der Waals surface area contributed by atoms with Gasteiger partial charge >= 0.3 is 0 Å². The first-order valence-corrected chi connectivity index (χ1v) is 7.94. The third-order valence-electron chi connectivity index (χ3n) is 3.71. The molecule has 0 N–H and O–H groups in total. The van der Waals surface area contributed by atoms with Crippen LogP contribution in [0.4, 0.5) is 14.6 Å². The van der Waals surface area contributed by atoms with Crippen LogP contribution in [0.3, 0.4) is 0 Å². The van der Waals surface area contributed by atoms with Crippen LogP contribution in [0.15, 0.2) is 41.0 Å². The summed E-state index contributed by atoms with van der Waals surface area (Å²) in [6.07, 6.45) is 1.72. The molecule has 0 saturated carbocycles. The van der Waals surface area contributed by atoms with Crippen LogP contribution in [-0.2, 0) is 0 Å². The number of anilines is 1. The first-order valence-electron chi connectivity index (χ1n) is 7.15. The highest BCUT2D eigenvalue weighted by Crippen LogP contribution is 2.18. The monoisotopic (exact) mass is 381 g/mol. The molecule has 1 aliphatic rings. The van der Waals surface area contributed by atoms with Crippen molar-refractivity contribution in [3.05, 3.63) is 58.2 Å². The highest BCUT2D eigenvalue weighted by molar-refractivity contribution is 9.10. The van der Waals surface area contributed by atoms with Crippen molar-refractivity contribution in [2.75, 3.05) is 31.1 Å². The maximum absolute atomic E-state index is 13.2. The van der Waals surface area contributed by atoms with E-state index in [1.165, 1.54) is 0 Å². The summed E-state index contributed by atoms with van der Waals surface area (Å²) in [5.41, 5.74) is 0.0396. The molecular weight excluding hydrogens is 368 g/mol. The highest BCUT2D eigenvalue weighted by Gasteiger charge is 2.23. The lowest BCUT2D eigenvalue weighted by Crippen LogP contribution is -2.49. The topological polar surface area (TPSA) is 36.4 Å². The van der Waals surface area contributed by atoms with E-state index in [-0.39, 0.29) is 11.5 Å². The Hall–Kier alpha value is -2.02. The van der Waals surface area contributed by atoms with Crippen LogP contribution >= 0.6 is 15.9 Å². The fraction of sp³-hybridized carbons (Fsp3) is 0.250. The minimum absolute atomic E-state index is 0.0396. The second kappa shape index (κ2) is 6.62. The number of hydrogen-bond donors (Lipinski definition) is 0. The molecule has 0 aliphatic carbocycles. The largest absolute Gasteiger partial charge is 0.353 e. The lowest BCUT2D eigenvalue weighted by atomic mass is 10.1. The molecule has 7 heteroatoms. The summed E-state index contributed by atoms with van der Waals surface area (Å²) in [4.78, 5) is 20.3. The van der Waals surface area contributed by atoms with E-state index in [1.807, 2.05) is 12.1 Å². The first-order chi connectivity index (χ1) is 11.0. The van der Waals surface area contributed by atoms with Gasteiger partial charge < -0.3 is 9.80 Å². The van der Waals surface area contributed by atoms with Crippen LogP contribution in [0.5, 0.6) is 0 Å². The fourth-order valence-electron chi connectivity index (χ4n) is 2.55. The predicted octanol–water partition coefficient (Wildman–Crippen LogP) is 3.08. The van der Waals surface area contributed by atoms with Gasteiger partial charge in [0.15, 0.2) is 0 Å². The number of halogens is 3. The summed E-state index contributed by atoms with van der Waals surface area (Å²) in [7, 11) is 0. The van der Waals surface area contributed by atoms with Crippen molar-refractivity contribution in [3.63, 3.8) is 0 Å². The van der Waals surface area contributed by atoms with E-state index in [2.05, 4.69) is 25.8 Å². The molecule has 1 aromatic carbocycles. The maximum atomic E-state index is 13.2. The number of carbonyl (C=O) groups is 1. The number of hydrogen-bond acceptors (Lipinski definition) is 3. The average molecular weight is 382 g/mol. The van der Waals surface area contributed by atoms with Gasteiger partial charge in [-0.05, 0) is 40.2 Å². The molecule has 0 unspecified atom stereocenters. The van der Waals surface area contributed by atoms with E-state index in [0.717, 1.165) is 28.5 Å². The average Bonchev–Trinajstić information content (AvgIpc) is 2.54. The normalized spacial score (nSPS) is 14.9. The van der Waals surface area contributed by atoms with Gasteiger partial charge in [-0.3, -0.25) is 4.79 Å². The molecule has 3 rings (SSSR count). The van der Waals surface area contributed by atoms with Crippen molar-refractivity contribution < 1.29 is 13.6 Å². The Morgan fingerprint density at radius 2 is 1.70 bits per heavy atom. The van der Waals surface area contributed by atoms with Crippen LogP contribution in [0.25, 0.3) is 0 Å². The lowest BCUT2D eigenvalue weighted by molar-refractivity contribution is 0.0745. The Balaban J connectivity index is 1.66. The number of aromatic nitrogens is 1. The number of benzene rings is 1. The highest BCUT2D eigenvalue weighted by atomic mass is 79.9. The number of carbonyl (C=O) groups excluding carboxylic acids is 1. The van der Waals surface area contributed by atoms with Gasteiger partial charge in [-0.25, -0.2) is 13.8 Å². The summed E-state index contributed by atoms with van der Waals surface area (Å²) in [6.45, 7) is 2.21. The first kappa shape index (κ1) is 15.9. The van der Waals surface area contributed by atoms with Crippen molar-refractivity contribution in [2.24, 2.45) is 0 Å². The van der Waals surface area contributed by atoms with Crippen molar-refractivity contribution in [1.82, 2.24) is 9.88 Å². The molecule has 1 aliphatic heterocycles. The van der Waals surface area contributed by atoms with Crippen molar-refractivity contribution in [2.45, 2.75) is 0 Å². The molecule has 120 valence electrons. The molecule has 0 spiro atoms. The molecule has 1 amide bonds. The summed E-state index contributed by atoms with van der Waals surface area (Å²) in [5, 5.41) is 0. The zero-order valence-corrected chi connectivity index (χ0v) is 13.8. The van der Waals surface area contributed by atoms with E-state index >= 15 is 0 Å². The van der Waals surface area contributed by atoms with Gasteiger partial charge in [-0.1, -0.05) is 0 Å². The van der Waals surface area contributed by atoms with Crippen molar-refractivity contribution in [3.8, 4) is 0 Å². The third-order valence-corrected chi connectivity index (χ3v) is 4.18. The smallest absolute Gasteiger partial charge is 0.254 e. The van der Waals surface area contributed by atoms with Crippen LogP contribution in [0.1, 0.15) is 10.4 Å². The minimum Gasteiger partial charge on any atom is -0.353 e. The number of nitrogens with zero attached hydrogens (tertiary/aromatic N) is 3. The van der Waals surface area contributed by atoms with Crippen molar-refractivity contribution >= 4 is 27.7 Å². The SMILES string of the molecule is O=C(c1cc(F)cc(F)c1)N1CCN(c2ccc(Br)cn2)CC1. The lowest BCUT2D eigenvalue weighted by Gasteiger charge is -2.35. The number of rotatable bonds is 2. The second-order valence-electron chi connectivity index (χ2n) is 5.27. The molecule has 1 saturated heterocycles. The number of piperazine rings is 1. The van der Waals surface area contributed by atoms with E-state index in [1.54, 1.807) is 11.1 Å². The quantitative estimate of drug-likeness (QED) is 0.801. The number of amides is 1. The zero-order chi connectivity index (χ0) is 16.4. The Kier molecular flexibility index (Phi) is 4.56. The Bertz CT molecular complexity index is 696. The fourth-order valence-corrected chi connectivity index (χ4v) is 2.79. The molecule has 4 nitrogen and oxygen atoms in total. The van der Waals surface area contributed by atoms with Gasteiger partial charge in [0, 0.05) is 48.5 Å². The van der Waals surface area contributed by atoms with Gasteiger partial charge in [0.1, 0.15) is 17.5 Å². The molecule has 1 aromatic heterocycles. The molecular formula is C16H14BrF2N3O. The second-order valence-corrected chi connectivity index (χ2v) is 6.19. The van der Waals surface area contributed by atoms with Gasteiger partial charge in [-0.2, -0.15) is 0 Å². The Labute approximate surface area is 140 Å². The van der Waals surface area contributed by atoms with Crippen LogP contribution in [0, 0.1) is 11.6 Å². The van der Waals surface area contributed by atoms with Gasteiger partial charge in [0.05, 0.1) is 0 Å². The van der Waals surface area contributed by atoms with Crippen LogP contribution in [0.2, 0.25) is 0 Å². The van der Waals surface area contributed by atoms with E-state index < -0.39 is 11.6 Å². The molecule has 0 bridgehead atoms. The van der Waals surface area contributed by atoms with E-state index in [4.69, 9.17) is 0 Å². The standard InChI is InChI=1S/C16H14BrF2N3O/c17-12-1-2-15(20-10-12)21-3-5-22(6-4-21)16(23)11-7-13(18)9-14(19)8-11/h1-2,7-10H,3-6H2.